The summed E-state index contributed by atoms with van der Waals surface area (Å²) >= 11 is 0. The van der Waals surface area contributed by atoms with Crippen molar-refractivity contribution in [2.45, 2.75) is 0 Å². The van der Waals surface area contributed by atoms with Crippen molar-refractivity contribution in [1.29, 1.82) is 5.26 Å². The molecule has 10 heavy (non-hydrogen) atoms. The molecule has 56 valence electrons. The van der Waals surface area contributed by atoms with Gasteiger partial charge < -0.3 is 4.48 Å². The minimum atomic E-state index is 0.920. The summed E-state index contributed by atoms with van der Waals surface area (Å²) in [6, 6.07) is 0. The van der Waals surface area contributed by atoms with Gasteiger partial charge >= 0.3 is 0 Å². The van der Waals surface area contributed by atoms with E-state index in [1.807, 2.05) is 4.90 Å². The first-order valence-corrected chi connectivity index (χ1v) is 3.61. The van der Waals surface area contributed by atoms with Gasteiger partial charge in [0.2, 0.25) is 0 Å². The van der Waals surface area contributed by atoms with Crippen LogP contribution < -0.4 is 0 Å². The Hall–Kier alpha value is -0.750. The zero-order valence-corrected chi connectivity index (χ0v) is 6.67. The van der Waals surface area contributed by atoms with Gasteiger partial charge in [0.05, 0.1) is 40.3 Å². The number of hydrogen-bond acceptors (Lipinski definition) is 2. The molecule has 1 rings (SSSR count). The molecular weight excluding hydrogens is 126 g/mol. The van der Waals surface area contributed by atoms with Crippen LogP contribution in [0.2, 0.25) is 0 Å². The summed E-state index contributed by atoms with van der Waals surface area (Å²) < 4.78 is 1.05. The maximum Gasteiger partial charge on any atom is 0.179 e. The monoisotopic (exact) mass is 140 g/mol. The zero-order chi connectivity index (χ0) is 7.61. The number of quaternary nitrogens is 1. The number of nitriles is 1. The van der Waals surface area contributed by atoms with Crippen LogP contribution in [0.4, 0.5) is 0 Å². The van der Waals surface area contributed by atoms with Crippen LogP contribution in [0, 0.1) is 11.5 Å². The third kappa shape index (κ3) is 1.61. The fourth-order valence-corrected chi connectivity index (χ4v) is 1.11. The van der Waals surface area contributed by atoms with E-state index in [9.17, 15) is 0 Å². The Labute approximate surface area is 62.0 Å². The van der Waals surface area contributed by atoms with E-state index in [0.29, 0.717) is 0 Å². The van der Waals surface area contributed by atoms with Gasteiger partial charge in [-0.25, -0.2) is 0 Å². The molecule has 1 fully saturated rings. The molecule has 1 aliphatic heterocycles. The highest BCUT2D eigenvalue weighted by molar-refractivity contribution is 4.75. The Balaban J connectivity index is 2.40. The third-order valence-electron chi connectivity index (χ3n) is 2.09. The minimum absolute atomic E-state index is 0.920. The first-order valence-electron chi connectivity index (χ1n) is 3.61. The average Bonchev–Trinajstić information content (AvgIpc) is 1.88. The molecule has 1 heterocycles. The highest BCUT2D eigenvalue weighted by Gasteiger charge is 2.22. The minimum Gasteiger partial charge on any atom is -0.325 e. The van der Waals surface area contributed by atoms with Crippen LogP contribution in [0.3, 0.4) is 0 Å². The Morgan fingerprint density at radius 2 is 1.80 bits per heavy atom. The largest absolute Gasteiger partial charge is 0.325 e. The van der Waals surface area contributed by atoms with Gasteiger partial charge in [-0.15, -0.1) is 0 Å². The number of rotatable bonds is 0. The summed E-state index contributed by atoms with van der Waals surface area (Å²) in [7, 11) is 4.41. The van der Waals surface area contributed by atoms with Crippen molar-refractivity contribution >= 4 is 0 Å². The first kappa shape index (κ1) is 7.36. The topological polar surface area (TPSA) is 27.0 Å². The van der Waals surface area contributed by atoms with Crippen molar-refractivity contribution in [3.05, 3.63) is 0 Å². The third-order valence-corrected chi connectivity index (χ3v) is 2.09. The molecule has 0 aromatic rings. The van der Waals surface area contributed by atoms with Crippen molar-refractivity contribution in [1.82, 2.24) is 4.90 Å². The smallest absolute Gasteiger partial charge is 0.179 e. The van der Waals surface area contributed by atoms with Crippen LogP contribution in [0.5, 0.6) is 0 Å². The molecule has 0 amide bonds. The molecule has 0 unspecified atom stereocenters. The highest BCUT2D eigenvalue weighted by atomic mass is 15.4. The maximum atomic E-state index is 8.53. The van der Waals surface area contributed by atoms with Gasteiger partial charge in [-0.05, 0) is 0 Å². The van der Waals surface area contributed by atoms with Gasteiger partial charge in [-0.2, -0.15) is 5.26 Å². The number of hydrogen-bond donors (Lipinski definition) is 0. The summed E-state index contributed by atoms with van der Waals surface area (Å²) in [6.07, 6.45) is 2.16. The normalized spacial score (nSPS) is 23.9. The quantitative estimate of drug-likeness (QED) is 0.346. The van der Waals surface area contributed by atoms with Crippen LogP contribution in [0.25, 0.3) is 0 Å². The van der Waals surface area contributed by atoms with E-state index >= 15 is 0 Å². The van der Waals surface area contributed by atoms with Crippen LogP contribution in [0.15, 0.2) is 0 Å². The number of nitrogens with zero attached hydrogens (tertiary/aromatic N) is 3. The maximum absolute atomic E-state index is 8.53. The van der Waals surface area contributed by atoms with Gasteiger partial charge in [0.1, 0.15) is 0 Å². The molecule has 1 aliphatic rings. The molecule has 0 saturated carbocycles. The van der Waals surface area contributed by atoms with E-state index in [1.54, 1.807) is 0 Å². The van der Waals surface area contributed by atoms with Crippen molar-refractivity contribution in [3.8, 4) is 6.19 Å². The fourth-order valence-electron chi connectivity index (χ4n) is 1.11. The zero-order valence-electron chi connectivity index (χ0n) is 6.67. The number of piperazine rings is 1. The molecule has 0 atom stereocenters. The average molecular weight is 140 g/mol. The molecule has 0 aromatic carbocycles. The fraction of sp³-hybridized carbons (Fsp3) is 0.857. The van der Waals surface area contributed by atoms with Gasteiger partial charge in [0, 0.05) is 0 Å². The van der Waals surface area contributed by atoms with Crippen molar-refractivity contribution < 1.29 is 4.48 Å². The highest BCUT2D eigenvalue weighted by Crippen LogP contribution is 2.04. The summed E-state index contributed by atoms with van der Waals surface area (Å²) in [4.78, 5) is 1.82. The molecular formula is C7H14N3+. The van der Waals surface area contributed by atoms with Gasteiger partial charge in [-0.1, -0.05) is 0 Å². The van der Waals surface area contributed by atoms with Crippen LogP contribution >= 0.6 is 0 Å². The molecule has 3 nitrogen and oxygen atoms in total. The Kier molecular flexibility index (Phi) is 1.82. The van der Waals surface area contributed by atoms with Crippen molar-refractivity contribution in [3.63, 3.8) is 0 Å². The van der Waals surface area contributed by atoms with Crippen LogP contribution in [-0.4, -0.2) is 49.7 Å². The van der Waals surface area contributed by atoms with Crippen molar-refractivity contribution in [2.24, 2.45) is 0 Å². The Morgan fingerprint density at radius 1 is 1.30 bits per heavy atom. The first-order chi connectivity index (χ1) is 4.64. The van der Waals surface area contributed by atoms with Crippen LogP contribution in [-0.2, 0) is 0 Å². The second-order valence-corrected chi connectivity index (χ2v) is 3.47. The van der Waals surface area contributed by atoms with E-state index in [0.717, 1.165) is 30.7 Å². The second kappa shape index (κ2) is 2.47. The molecule has 0 N–H and O–H groups in total. The molecule has 3 heteroatoms. The van der Waals surface area contributed by atoms with E-state index in [2.05, 4.69) is 20.3 Å². The summed E-state index contributed by atoms with van der Waals surface area (Å²) in [5.74, 6) is 0. The lowest BCUT2D eigenvalue weighted by Gasteiger charge is -2.36. The second-order valence-electron chi connectivity index (χ2n) is 3.47. The molecule has 1 saturated heterocycles. The summed E-state index contributed by atoms with van der Waals surface area (Å²) in [6.45, 7) is 4.02. The lowest BCUT2D eigenvalue weighted by molar-refractivity contribution is -0.894. The lowest BCUT2D eigenvalue weighted by Crippen LogP contribution is -2.53. The Bertz CT molecular complexity index is 147. The molecule has 0 bridgehead atoms. The molecule has 0 spiro atoms. The summed E-state index contributed by atoms with van der Waals surface area (Å²) in [5.41, 5.74) is 0. The lowest BCUT2D eigenvalue weighted by atomic mass is 10.3. The van der Waals surface area contributed by atoms with Crippen molar-refractivity contribution in [2.75, 3.05) is 40.3 Å². The summed E-state index contributed by atoms with van der Waals surface area (Å²) in [5, 5.41) is 8.53. The SMILES string of the molecule is C[N+]1(C)CCN(C#N)CC1. The predicted molar refractivity (Wildman–Crippen MR) is 39.0 cm³/mol. The number of likely N-dealkylation sites (N-methyl/N-ethyl adjacent to an activating group) is 1. The Morgan fingerprint density at radius 3 is 2.20 bits per heavy atom. The van der Waals surface area contributed by atoms with E-state index < -0.39 is 0 Å². The van der Waals surface area contributed by atoms with Gasteiger partial charge in [0.25, 0.3) is 0 Å². The van der Waals surface area contributed by atoms with E-state index in [-0.39, 0.29) is 0 Å². The van der Waals surface area contributed by atoms with Gasteiger partial charge in [0.15, 0.2) is 6.19 Å². The standard InChI is InChI=1S/C7H14N3/c1-10(2)5-3-9(7-8)4-6-10/h3-6H2,1-2H3/q+1. The molecule has 0 aromatic heterocycles. The van der Waals surface area contributed by atoms with E-state index in [4.69, 9.17) is 5.26 Å². The van der Waals surface area contributed by atoms with Crippen LogP contribution in [0.1, 0.15) is 0 Å². The van der Waals surface area contributed by atoms with E-state index in [1.165, 1.54) is 0 Å². The molecule has 0 radical (unpaired) electrons. The van der Waals surface area contributed by atoms with Gasteiger partial charge in [-0.3, -0.25) is 4.90 Å². The predicted octanol–water partition coefficient (Wildman–Crippen LogP) is -0.141. The molecule has 0 aliphatic carbocycles.